The Bertz CT molecular complexity index is 397. The van der Waals surface area contributed by atoms with E-state index in [9.17, 15) is 0 Å². The van der Waals surface area contributed by atoms with Crippen molar-refractivity contribution in [1.29, 1.82) is 0 Å². The third kappa shape index (κ3) is 1.48. The van der Waals surface area contributed by atoms with Crippen molar-refractivity contribution in [3.8, 4) is 0 Å². The van der Waals surface area contributed by atoms with Gasteiger partial charge in [-0.2, -0.15) is 0 Å². The zero-order chi connectivity index (χ0) is 11.3. The Morgan fingerprint density at radius 1 is 1.38 bits per heavy atom. The quantitative estimate of drug-likeness (QED) is 0.469. The molecule has 0 spiro atoms. The normalized spacial score (nSPS) is 37.9. The lowest BCUT2D eigenvalue weighted by atomic mass is 10.1. The molecule has 86 valence electrons. The van der Waals surface area contributed by atoms with Gasteiger partial charge in [-0.3, -0.25) is 4.67 Å². The number of allylic oxidation sites excluding steroid dienone is 3. The van der Waals surface area contributed by atoms with Crippen molar-refractivity contribution in [2.75, 3.05) is 13.2 Å². The van der Waals surface area contributed by atoms with Crippen molar-refractivity contribution in [2.45, 2.75) is 32.2 Å². The smallest absolute Gasteiger partial charge is 0.105 e. The van der Waals surface area contributed by atoms with E-state index < -0.39 is 0 Å². The summed E-state index contributed by atoms with van der Waals surface area (Å²) in [6, 6.07) is 0. The summed E-state index contributed by atoms with van der Waals surface area (Å²) in [6.07, 6.45) is 12.4. The van der Waals surface area contributed by atoms with Gasteiger partial charge in [0.2, 0.25) is 0 Å². The van der Waals surface area contributed by atoms with Crippen molar-refractivity contribution in [3.63, 3.8) is 0 Å². The van der Waals surface area contributed by atoms with E-state index in [-0.39, 0.29) is 8.07 Å². The molecule has 1 fully saturated rings. The van der Waals surface area contributed by atoms with Gasteiger partial charge >= 0.3 is 0 Å². The molecule has 0 aromatic heterocycles. The number of likely N-dealkylation sites (N-methyl/N-ethyl adjacent to an activating group) is 1. The van der Waals surface area contributed by atoms with E-state index in [0.29, 0.717) is 6.17 Å². The molecule has 0 saturated carbocycles. The maximum Gasteiger partial charge on any atom is 0.105 e. The molecule has 0 bridgehead atoms. The van der Waals surface area contributed by atoms with Crippen LogP contribution in [0.25, 0.3) is 0 Å². The Morgan fingerprint density at radius 2 is 2.19 bits per heavy atom. The lowest BCUT2D eigenvalue weighted by Gasteiger charge is -2.31. The second-order valence-corrected chi connectivity index (χ2v) is 7.49. The summed E-state index contributed by atoms with van der Waals surface area (Å²) in [4.78, 5) is 2.56. The highest BCUT2D eigenvalue weighted by Gasteiger charge is 2.44. The van der Waals surface area contributed by atoms with Gasteiger partial charge in [-0.25, -0.2) is 0 Å². The van der Waals surface area contributed by atoms with Crippen LogP contribution in [0.15, 0.2) is 35.6 Å². The highest BCUT2D eigenvalue weighted by Crippen LogP contribution is 2.58. The Hall–Kier alpha value is -0.590. The first-order valence-electron chi connectivity index (χ1n) is 5.96. The molecular weight excluding hydrogens is 215 g/mol. The fourth-order valence-corrected chi connectivity index (χ4v) is 5.77. The van der Waals surface area contributed by atoms with Crippen molar-refractivity contribution in [3.05, 3.63) is 35.6 Å². The molecular formula is C13H19N2P. The zero-order valence-corrected chi connectivity index (χ0v) is 11.1. The second-order valence-electron chi connectivity index (χ2n) is 5.02. The van der Waals surface area contributed by atoms with Crippen LogP contribution in [0.1, 0.15) is 20.3 Å². The van der Waals surface area contributed by atoms with Crippen LogP contribution in [-0.2, 0) is 0 Å². The summed E-state index contributed by atoms with van der Waals surface area (Å²) in [5, 5.41) is 0. The highest BCUT2D eigenvalue weighted by molar-refractivity contribution is 7.56. The van der Waals surface area contributed by atoms with Gasteiger partial charge in [-0.15, -0.1) is 0 Å². The first kappa shape index (κ1) is 10.6. The van der Waals surface area contributed by atoms with Gasteiger partial charge < -0.3 is 4.90 Å². The molecule has 0 amide bonds. The van der Waals surface area contributed by atoms with Gasteiger partial charge in [0.1, 0.15) is 6.17 Å². The van der Waals surface area contributed by atoms with Gasteiger partial charge in [-0.05, 0) is 47.5 Å². The maximum absolute atomic E-state index is 2.59. The predicted molar refractivity (Wildman–Crippen MR) is 70.2 cm³/mol. The third-order valence-electron chi connectivity index (χ3n) is 3.83. The Labute approximate surface area is 99.1 Å². The molecule has 2 nitrogen and oxygen atoms in total. The minimum atomic E-state index is 0.0102. The molecule has 0 N–H and O–H groups in total. The summed E-state index contributed by atoms with van der Waals surface area (Å²) in [7, 11) is 2.30. The van der Waals surface area contributed by atoms with E-state index in [4.69, 9.17) is 0 Å². The molecule has 0 aromatic rings. The lowest BCUT2D eigenvalue weighted by molar-refractivity contribution is 0.243. The number of hydrogen-bond donors (Lipinski definition) is 0. The minimum Gasteiger partial charge on any atom is -0.350 e. The number of hydrogen-bond acceptors (Lipinski definition) is 2. The van der Waals surface area contributed by atoms with Crippen molar-refractivity contribution < 1.29 is 0 Å². The number of fused-ring (bicyclic) bond motifs is 3. The summed E-state index contributed by atoms with van der Waals surface area (Å²) in [6.45, 7) is 4.47. The first-order valence-corrected chi connectivity index (χ1v) is 7.51. The fourth-order valence-electron chi connectivity index (χ4n) is 2.84. The van der Waals surface area contributed by atoms with Crippen molar-refractivity contribution in [2.24, 2.45) is 0 Å². The predicted octanol–water partition coefficient (Wildman–Crippen LogP) is 3.11. The standard InChI is InChI=1S/C13H19N2P/c1-10-4-6-15-12(8-10)14(3)16-7-5-11(2)9-13(15)16/h4-6,8,12-13H,7,9H2,1-3H3/t12?,13-,16+/m0/s1. The van der Waals surface area contributed by atoms with Gasteiger partial charge in [0.15, 0.2) is 0 Å². The van der Waals surface area contributed by atoms with E-state index in [1.165, 1.54) is 18.2 Å². The topological polar surface area (TPSA) is 6.48 Å². The maximum atomic E-state index is 2.59. The molecule has 1 saturated heterocycles. The molecule has 0 radical (unpaired) electrons. The van der Waals surface area contributed by atoms with Gasteiger partial charge in [0, 0.05) is 12.4 Å². The molecule has 0 aliphatic carbocycles. The molecule has 16 heavy (non-hydrogen) atoms. The monoisotopic (exact) mass is 234 g/mol. The molecule has 3 heteroatoms. The minimum absolute atomic E-state index is 0.0102. The summed E-state index contributed by atoms with van der Waals surface area (Å²) >= 11 is 0. The molecule has 3 rings (SSSR count). The van der Waals surface area contributed by atoms with E-state index in [0.717, 1.165) is 5.78 Å². The van der Waals surface area contributed by atoms with Crippen LogP contribution in [0, 0.1) is 0 Å². The number of rotatable bonds is 0. The van der Waals surface area contributed by atoms with Gasteiger partial charge in [-0.1, -0.05) is 17.2 Å². The lowest BCUT2D eigenvalue weighted by Crippen LogP contribution is -2.35. The zero-order valence-electron chi connectivity index (χ0n) is 10.2. The average Bonchev–Trinajstić information content (AvgIpc) is 2.52. The first-order chi connectivity index (χ1) is 7.66. The average molecular weight is 234 g/mol. The molecule has 1 unspecified atom stereocenters. The van der Waals surface area contributed by atoms with Crippen LogP contribution in [-0.4, -0.2) is 34.7 Å². The summed E-state index contributed by atoms with van der Waals surface area (Å²) in [5.74, 6) is 0.746. The van der Waals surface area contributed by atoms with Crippen molar-refractivity contribution in [1.82, 2.24) is 9.57 Å². The molecule has 3 aliphatic rings. The Balaban J connectivity index is 1.93. The van der Waals surface area contributed by atoms with E-state index >= 15 is 0 Å². The van der Waals surface area contributed by atoms with Crippen LogP contribution >= 0.6 is 8.07 Å². The van der Waals surface area contributed by atoms with Gasteiger partial charge in [0.25, 0.3) is 0 Å². The Morgan fingerprint density at radius 3 is 3.00 bits per heavy atom. The van der Waals surface area contributed by atoms with Crippen molar-refractivity contribution >= 4 is 8.07 Å². The Kier molecular flexibility index (Phi) is 2.45. The van der Waals surface area contributed by atoms with Gasteiger partial charge in [0.05, 0.1) is 5.78 Å². The summed E-state index contributed by atoms with van der Waals surface area (Å²) in [5.41, 5.74) is 2.96. The fraction of sp³-hybridized carbons (Fsp3) is 0.538. The third-order valence-corrected chi connectivity index (χ3v) is 6.58. The van der Waals surface area contributed by atoms with E-state index in [1.807, 2.05) is 0 Å². The second kappa shape index (κ2) is 3.72. The van der Waals surface area contributed by atoms with Crippen LogP contribution in [0.3, 0.4) is 0 Å². The summed E-state index contributed by atoms with van der Waals surface area (Å²) < 4.78 is 2.59. The SMILES string of the molecule is CC1=CC2N(C=C1)[C@@H]1CC(C)=CC[P@@]1N2C. The van der Waals surface area contributed by atoms with E-state index in [2.05, 4.69) is 54.9 Å². The molecule has 3 atom stereocenters. The van der Waals surface area contributed by atoms with Crippen LogP contribution in [0.4, 0.5) is 0 Å². The highest BCUT2D eigenvalue weighted by atomic mass is 31.1. The van der Waals surface area contributed by atoms with E-state index in [1.54, 1.807) is 5.57 Å². The molecule has 3 heterocycles. The largest absolute Gasteiger partial charge is 0.350 e. The van der Waals surface area contributed by atoms with Crippen LogP contribution in [0.5, 0.6) is 0 Å². The molecule has 0 aromatic carbocycles. The molecule has 3 aliphatic heterocycles. The van der Waals surface area contributed by atoms with Crippen LogP contribution < -0.4 is 0 Å². The number of nitrogens with zero attached hydrogens (tertiary/aromatic N) is 2. The van der Waals surface area contributed by atoms with Crippen LogP contribution in [0.2, 0.25) is 0 Å².